The van der Waals surface area contributed by atoms with Crippen LogP contribution >= 0.6 is 0 Å². The van der Waals surface area contributed by atoms with Crippen LogP contribution in [0.2, 0.25) is 0 Å². The van der Waals surface area contributed by atoms with E-state index in [1.54, 1.807) is 6.08 Å². The maximum atomic E-state index is 12.3. The normalized spacial score (nSPS) is 15.1. The number of allylic oxidation sites excluding steroid dienone is 4. The summed E-state index contributed by atoms with van der Waals surface area (Å²) >= 11 is 0. The van der Waals surface area contributed by atoms with Crippen molar-refractivity contribution in [2.45, 2.75) is 179 Å². The third kappa shape index (κ3) is 26.2. The van der Waals surface area contributed by atoms with Crippen molar-refractivity contribution in [1.82, 2.24) is 5.32 Å². The van der Waals surface area contributed by atoms with Gasteiger partial charge in [-0.05, 0) is 64.2 Å². The topological polar surface area (TPSA) is 110 Å². The highest BCUT2D eigenvalue weighted by Gasteiger charge is 2.18. The molecule has 0 unspecified atom stereocenters. The van der Waals surface area contributed by atoms with Gasteiger partial charge >= 0.3 is 0 Å². The number of rotatable bonds is 30. The molecule has 0 fully saturated rings. The molecule has 0 rings (SSSR count). The summed E-state index contributed by atoms with van der Waals surface area (Å²) in [6, 6.07) is -0.681. The third-order valence-corrected chi connectivity index (χ3v) is 7.77. The van der Waals surface area contributed by atoms with Gasteiger partial charge in [-0.15, -0.1) is 0 Å². The van der Waals surface area contributed by atoms with E-state index in [0.29, 0.717) is 19.3 Å². The monoisotopic (exact) mass is 594 g/mol. The zero-order valence-corrected chi connectivity index (χ0v) is 27.2. The van der Waals surface area contributed by atoms with Gasteiger partial charge in [-0.1, -0.05) is 121 Å². The molecule has 4 atom stereocenters. The van der Waals surface area contributed by atoms with Gasteiger partial charge in [0.15, 0.2) is 0 Å². The number of hydrogen-bond donors (Lipinski definition) is 5. The van der Waals surface area contributed by atoms with Gasteiger partial charge in [0, 0.05) is 6.42 Å². The fourth-order valence-electron chi connectivity index (χ4n) is 4.91. The second kappa shape index (κ2) is 31.0. The van der Waals surface area contributed by atoms with E-state index in [4.69, 9.17) is 0 Å². The van der Waals surface area contributed by atoms with E-state index >= 15 is 0 Å². The van der Waals surface area contributed by atoms with E-state index in [0.717, 1.165) is 51.4 Å². The predicted octanol–water partition coefficient (Wildman–Crippen LogP) is 7.84. The second-order valence-corrected chi connectivity index (χ2v) is 11.9. The number of nitrogens with one attached hydrogen (secondary N) is 1. The Morgan fingerprint density at radius 2 is 1.17 bits per heavy atom. The van der Waals surface area contributed by atoms with Crippen molar-refractivity contribution >= 4 is 5.91 Å². The molecule has 0 aliphatic heterocycles. The number of hydrogen-bond acceptors (Lipinski definition) is 5. The zero-order chi connectivity index (χ0) is 31.1. The number of aliphatic hydroxyl groups excluding tert-OH is 4. The fourth-order valence-corrected chi connectivity index (χ4v) is 4.91. The van der Waals surface area contributed by atoms with E-state index in [9.17, 15) is 25.2 Å². The Morgan fingerprint density at radius 1 is 0.619 bits per heavy atom. The minimum absolute atomic E-state index is 0.149. The molecule has 1 amide bonds. The molecule has 5 N–H and O–H groups in total. The summed E-state index contributed by atoms with van der Waals surface area (Å²) in [7, 11) is 0. The zero-order valence-electron chi connectivity index (χ0n) is 27.2. The van der Waals surface area contributed by atoms with Crippen molar-refractivity contribution in [3.63, 3.8) is 0 Å². The number of unbranched alkanes of at least 4 members (excludes halogenated alkanes) is 15. The molecule has 0 aromatic rings. The summed E-state index contributed by atoms with van der Waals surface area (Å²) in [6.45, 7) is 4.09. The first-order valence-electron chi connectivity index (χ1n) is 17.4. The van der Waals surface area contributed by atoms with E-state index < -0.39 is 24.4 Å². The number of carbonyl (C=O) groups excluding carboxylic acids is 1. The Labute approximate surface area is 258 Å². The molecule has 0 heterocycles. The molecular weight excluding hydrogens is 526 g/mol. The molecule has 0 aliphatic carbocycles. The lowest BCUT2D eigenvalue weighted by Gasteiger charge is -2.20. The average Bonchev–Trinajstić information content (AvgIpc) is 2.99. The summed E-state index contributed by atoms with van der Waals surface area (Å²) in [6.07, 6.45) is 32.4. The third-order valence-electron chi connectivity index (χ3n) is 7.77. The van der Waals surface area contributed by atoms with E-state index in [-0.39, 0.29) is 12.5 Å². The van der Waals surface area contributed by atoms with Crippen LogP contribution in [0.1, 0.15) is 155 Å². The van der Waals surface area contributed by atoms with Crippen LogP contribution < -0.4 is 5.32 Å². The lowest BCUT2D eigenvalue weighted by atomic mass is 10.0. The first kappa shape index (κ1) is 40.5. The molecule has 0 aromatic carbocycles. The molecule has 0 bridgehead atoms. The SMILES string of the molecule is CCC/C=C\CCCCCCCC/C=C/[C@@H](O)[C@H](CO)NC(=O)CCCCCCC[C@H](O)[C@@H](O)C/C=C\CCCCC. The van der Waals surface area contributed by atoms with Crippen LogP contribution in [-0.2, 0) is 4.79 Å². The Hall–Kier alpha value is -1.47. The van der Waals surface area contributed by atoms with Crippen LogP contribution in [0.5, 0.6) is 0 Å². The Balaban J connectivity index is 3.82. The summed E-state index contributed by atoms with van der Waals surface area (Å²) in [5.41, 5.74) is 0. The van der Waals surface area contributed by atoms with Crippen LogP contribution in [0.25, 0.3) is 0 Å². The number of carbonyl (C=O) groups is 1. The smallest absolute Gasteiger partial charge is 0.220 e. The maximum Gasteiger partial charge on any atom is 0.220 e. The number of amides is 1. The molecule has 0 saturated heterocycles. The van der Waals surface area contributed by atoms with Crippen LogP contribution in [0.4, 0.5) is 0 Å². The van der Waals surface area contributed by atoms with Gasteiger partial charge < -0.3 is 25.7 Å². The van der Waals surface area contributed by atoms with E-state index in [1.807, 2.05) is 12.2 Å². The molecule has 0 aromatic heterocycles. The Morgan fingerprint density at radius 3 is 1.81 bits per heavy atom. The minimum Gasteiger partial charge on any atom is -0.394 e. The van der Waals surface area contributed by atoms with E-state index in [1.165, 1.54) is 70.6 Å². The molecule has 0 spiro atoms. The number of aliphatic hydroxyl groups is 4. The van der Waals surface area contributed by atoms with Gasteiger partial charge in [0.1, 0.15) is 0 Å². The Kier molecular flexibility index (Phi) is 29.9. The molecule has 246 valence electrons. The van der Waals surface area contributed by atoms with Crippen molar-refractivity contribution in [2.75, 3.05) is 6.61 Å². The van der Waals surface area contributed by atoms with Crippen molar-refractivity contribution in [2.24, 2.45) is 0 Å². The first-order valence-corrected chi connectivity index (χ1v) is 17.4. The highest BCUT2D eigenvalue weighted by atomic mass is 16.3. The highest BCUT2D eigenvalue weighted by Crippen LogP contribution is 2.13. The van der Waals surface area contributed by atoms with Gasteiger partial charge in [-0.2, -0.15) is 0 Å². The largest absolute Gasteiger partial charge is 0.394 e. The lowest BCUT2D eigenvalue weighted by molar-refractivity contribution is -0.123. The highest BCUT2D eigenvalue weighted by molar-refractivity contribution is 5.76. The molecule has 6 heteroatoms. The van der Waals surface area contributed by atoms with Gasteiger partial charge in [-0.25, -0.2) is 0 Å². The Bertz CT molecular complexity index is 678. The molecule has 0 aliphatic rings. The summed E-state index contributed by atoms with van der Waals surface area (Å²) in [5.74, 6) is -0.149. The van der Waals surface area contributed by atoms with E-state index in [2.05, 4.69) is 37.4 Å². The summed E-state index contributed by atoms with van der Waals surface area (Å²) in [5, 5.41) is 43.0. The molecule has 6 nitrogen and oxygen atoms in total. The van der Waals surface area contributed by atoms with Crippen LogP contribution in [0.15, 0.2) is 36.5 Å². The maximum absolute atomic E-state index is 12.3. The van der Waals surface area contributed by atoms with Crippen molar-refractivity contribution in [3.8, 4) is 0 Å². The predicted molar refractivity (Wildman–Crippen MR) is 177 cm³/mol. The van der Waals surface area contributed by atoms with Gasteiger partial charge in [0.05, 0.1) is 31.0 Å². The minimum atomic E-state index is -0.891. The standard InChI is InChI=1S/C36H67NO5/c1-3-5-7-9-11-12-13-14-15-16-17-20-23-27-33(39)32(31-38)37-36(42)30-26-22-18-21-25-29-35(41)34(40)28-24-19-10-8-6-4-2/h7,9,19,23-24,27,32-35,38-41H,3-6,8,10-18,20-22,25-26,28-31H2,1-2H3,(H,37,42)/b9-7-,24-19-,27-23+/t32-,33+,34-,35-/m0/s1. The van der Waals surface area contributed by atoms with Crippen LogP contribution in [0.3, 0.4) is 0 Å². The second-order valence-electron chi connectivity index (χ2n) is 11.9. The van der Waals surface area contributed by atoms with Crippen LogP contribution in [0, 0.1) is 0 Å². The molecule has 42 heavy (non-hydrogen) atoms. The summed E-state index contributed by atoms with van der Waals surface area (Å²) in [4.78, 5) is 12.3. The van der Waals surface area contributed by atoms with Gasteiger partial charge in [-0.3, -0.25) is 4.79 Å². The quantitative estimate of drug-likeness (QED) is 0.0431. The fraction of sp³-hybridized carbons (Fsp3) is 0.806. The van der Waals surface area contributed by atoms with Crippen molar-refractivity contribution < 1.29 is 25.2 Å². The molecule has 0 radical (unpaired) electrons. The first-order chi connectivity index (χ1) is 20.5. The van der Waals surface area contributed by atoms with Gasteiger partial charge in [0.2, 0.25) is 5.91 Å². The molecular formula is C36H67NO5. The lowest BCUT2D eigenvalue weighted by Crippen LogP contribution is -2.45. The van der Waals surface area contributed by atoms with Crippen molar-refractivity contribution in [1.29, 1.82) is 0 Å². The molecule has 0 saturated carbocycles. The van der Waals surface area contributed by atoms with Gasteiger partial charge in [0.25, 0.3) is 0 Å². The summed E-state index contributed by atoms with van der Waals surface area (Å²) < 4.78 is 0. The van der Waals surface area contributed by atoms with Crippen LogP contribution in [-0.4, -0.2) is 57.3 Å². The van der Waals surface area contributed by atoms with Crippen molar-refractivity contribution in [3.05, 3.63) is 36.5 Å². The average molecular weight is 594 g/mol.